The summed E-state index contributed by atoms with van der Waals surface area (Å²) >= 11 is 0. The van der Waals surface area contributed by atoms with Gasteiger partial charge in [0.15, 0.2) is 0 Å². The number of hydrogen-bond donors (Lipinski definition) is 0. The van der Waals surface area contributed by atoms with Crippen molar-refractivity contribution in [2.24, 2.45) is 0 Å². The number of rotatable bonds is 11. The lowest BCUT2D eigenvalue weighted by Crippen LogP contribution is -2.00. The minimum Gasteiger partial charge on any atom is -0.291 e. The van der Waals surface area contributed by atoms with Gasteiger partial charge in [0.1, 0.15) is 9.95 Å². The maximum Gasteiger partial charge on any atom is 0.362 e. The molecule has 0 amide bonds. The third-order valence-corrected chi connectivity index (χ3v) is 2.66. The fraction of sp³-hybridized carbons (Fsp3) is 0.833. The van der Waals surface area contributed by atoms with Crippen molar-refractivity contribution in [3.8, 4) is 0 Å². The normalized spacial score (nSPS) is 9.44. The summed E-state index contributed by atoms with van der Waals surface area (Å²) in [6.45, 7) is -0.198. The van der Waals surface area contributed by atoms with Gasteiger partial charge in [-0.3, -0.25) is 9.59 Å². The van der Waals surface area contributed by atoms with Gasteiger partial charge in [0.2, 0.25) is 22.4 Å². The molecule has 18 heavy (non-hydrogen) atoms. The van der Waals surface area contributed by atoms with Crippen LogP contribution in [-0.4, -0.2) is 24.7 Å². The van der Waals surface area contributed by atoms with Crippen molar-refractivity contribution in [3.63, 3.8) is 0 Å². The van der Waals surface area contributed by atoms with Crippen molar-refractivity contribution in [2.45, 2.75) is 51.4 Å². The highest BCUT2D eigenvalue weighted by atomic mass is 16.1. The second kappa shape index (κ2) is 11.7. The van der Waals surface area contributed by atoms with Gasteiger partial charge < -0.3 is 0 Å². The molecule has 0 bridgehead atoms. The molecule has 0 spiro atoms. The van der Waals surface area contributed by atoms with Gasteiger partial charge in [-0.15, -0.1) is 0 Å². The van der Waals surface area contributed by atoms with E-state index < -0.39 is 0 Å². The van der Waals surface area contributed by atoms with E-state index >= 15 is 0 Å². The van der Waals surface area contributed by atoms with Crippen LogP contribution in [0.1, 0.15) is 51.4 Å². The number of nitrogens with zero attached hydrogens (tertiary/aromatic N) is 4. The summed E-state index contributed by atoms with van der Waals surface area (Å²) in [5.74, 6) is -0.0632. The monoisotopic (exact) mass is 252 g/mol. The fourth-order valence-electron chi connectivity index (χ4n) is 1.67. The van der Waals surface area contributed by atoms with E-state index in [0.717, 1.165) is 38.5 Å². The van der Waals surface area contributed by atoms with Crippen LogP contribution in [0.2, 0.25) is 0 Å². The Morgan fingerprint density at radius 1 is 0.667 bits per heavy atom. The Kier molecular flexibility index (Phi) is 10.5. The van der Waals surface area contributed by atoms with Crippen LogP contribution in [0.4, 0.5) is 0 Å². The maximum absolute atomic E-state index is 11.0. The SMILES string of the molecule is N#[N+]CC(=O)CCCCCCCCC(=O)C[N+]#N. The van der Waals surface area contributed by atoms with Gasteiger partial charge in [-0.1, -0.05) is 25.7 Å². The highest BCUT2D eigenvalue weighted by Gasteiger charge is 2.09. The van der Waals surface area contributed by atoms with Crippen molar-refractivity contribution >= 4 is 11.6 Å². The average Bonchev–Trinajstić information content (AvgIpc) is 2.33. The summed E-state index contributed by atoms with van der Waals surface area (Å²) in [7, 11) is 0. The van der Waals surface area contributed by atoms with Crippen molar-refractivity contribution in [1.82, 2.24) is 0 Å². The van der Waals surface area contributed by atoms with Crippen molar-refractivity contribution < 1.29 is 9.59 Å². The summed E-state index contributed by atoms with van der Waals surface area (Å²) in [6.07, 6.45) is 6.66. The molecule has 0 N–H and O–H groups in total. The molecule has 0 saturated heterocycles. The van der Waals surface area contributed by atoms with Crippen LogP contribution < -0.4 is 0 Å². The molecule has 0 aliphatic heterocycles. The van der Waals surface area contributed by atoms with Crippen LogP contribution in [0.3, 0.4) is 0 Å². The van der Waals surface area contributed by atoms with Gasteiger partial charge in [0.25, 0.3) is 0 Å². The van der Waals surface area contributed by atoms with Crippen molar-refractivity contribution in [2.75, 3.05) is 13.1 Å². The number of carbonyl (C=O) groups is 2. The first-order chi connectivity index (χ1) is 8.70. The predicted octanol–water partition coefficient (Wildman–Crippen LogP) is 2.95. The van der Waals surface area contributed by atoms with Gasteiger partial charge in [-0.2, -0.15) is 0 Å². The highest BCUT2D eigenvalue weighted by Crippen LogP contribution is 2.09. The molecule has 0 rings (SSSR count). The first kappa shape index (κ1) is 16.2. The van der Waals surface area contributed by atoms with Crippen LogP contribution in [0.25, 0.3) is 9.95 Å². The topological polar surface area (TPSA) is 90.4 Å². The smallest absolute Gasteiger partial charge is 0.291 e. The molecule has 0 aromatic heterocycles. The van der Waals surface area contributed by atoms with Crippen molar-refractivity contribution in [3.05, 3.63) is 9.95 Å². The number of Topliss-reactive ketones (excluding diaryl/α,β-unsaturated/α-hetero) is 2. The molecule has 0 fully saturated rings. The zero-order valence-electron chi connectivity index (χ0n) is 10.7. The highest BCUT2D eigenvalue weighted by molar-refractivity contribution is 5.81. The van der Waals surface area contributed by atoms with Crippen LogP contribution in [0, 0.1) is 10.8 Å². The summed E-state index contributed by atoms with van der Waals surface area (Å²) in [4.78, 5) is 27.6. The maximum atomic E-state index is 11.0. The van der Waals surface area contributed by atoms with Gasteiger partial charge >= 0.3 is 13.1 Å². The molecule has 0 aliphatic carbocycles. The Labute approximate surface area is 107 Å². The quantitative estimate of drug-likeness (QED) is 0.417. The van der Waals surface area contributed by atoms with Crippen LogP contribution in [-0.2, 0) is 9.59 Å². The van der Waals surface area contributed by atoms with Gasteiger partial charge in [0, 0.05) is 12.8 Å². The molecule has 0 atom stereocenters. The lowest BCUT2D eigenvalue weighted by molar-refractivity contribution is -0.118. The van der Waals surface area contributed by atoms with E-state index in [-0.39, 0.29) is 24.7 Å². The Morgan fingerprint density at radius 3 is 1.33 bits per heavy atom. The van der Waals surface area contributed by atoms with Gasteiger partial charge in [0.05, 0.1) is 0 Å². The van der Waals surface area contributed by atoms with Crippen molar-refractivity contribution in [1.29, 1.82) is 10.8 Å². The number of hydrogen-bond acceptors (Lipinski definition) is 4. The van der Waals surface area contributed by atoms with E-state index in [1.165, 1.54) is 0 Å². The first-order valence-electron chi connectivity index (χ1n) is 6.35. The zero-order valence-corrected chi connectivity index (χ0v) is 10.7. The molecule has 0 radical (unpaired) electrons. The van der Waals surface area contributed by atoms with Gasteiger partial charge in [-0.05, 0) is 12.8 Å². The van der Waals surface area contributed by atoms with Crippen LogP contribution in [0.5, 0.6) is 0 Å². The number of unbranched alkanes of at least 4 members (excludes halogenated alkanes) is 5. The number of carbonyl (C=O) groups excluding carboxylic acids is 2. The largest absolute Gasteiger partial charge is 0.362 e. The number of ketones is 2. The zero-order chi connectivity index (χ0) is 13.6. The Balaban J connectivity index is 3.22. The lowest BCUT2D eigenvalue weighted by Gasteiger charge is -1.99. The fourth-order valence-corrected chi connectivity index (χ4v) is 1.67. The lowest BCUT2D eigenvalue weighted by atomic mass is 10.1. The summed E-state index contributed by atoms with van der Waals surface area (Å²) < 4.78 is 0. The van der Waals surface area contributed by atoms with E-state index in [0.29, 0.717) is 12.8 Å². The second-order valence-electron chi connectivity index (χ2n) is 4.30. The molecule has 0 aromatic carbocycles. The minimum atomic E-state index is -0.0992. The van der Waals surface area contributed by atoms with E-state index in [1.54, 1.807) is 0 Å². The standard InChI is InChI=1S/C12H20N4O2/c13-15-9-11(17)7-5-3-1-2-4-6-8-12(18)10-16-14/h1-10H2/q+2. The summed E-state index contributed by atoms with van der Waals surface area (Å²) in [5, 5.41) is 16.3. The third kappa shape index (κ3) is 10.7. The Bertz CT molecular complexity index is 307. The molecule has 0 heterocycles. The first-order valence-corrected chi connectivity index (χ1v) is 6.35. The molecule has 0 aromatic rings. The molecule has 6 nitrogen and oxygen atoms in total. The molecular weight excluding hydrogens is 232 g/mol. The summed E-state index contributed by atoms with van der Waals surface area (Å²) in [5.41, 5.74) is 0. The van der Waals surface area contributed by atoms with E-state index in [1.807, 2.05) is 0 Å². The Morgan fingerprint density at radius 2 is 1.00 bits per heavy atom. The van der Waals surface area contributed by atoms with E-state index in [4.69, 9.17) is 10.8 Å². The molecular formula is C12H20N4O2+2. The average molecular weight is 252 g/mol. The Hall–Kier alpha value is -1.82. The second-order valence-corrected chi connectivity index (χ2v) is 4.30. The molecule has 6 heteroatoms. The number of diazo groups is 2. The van der Waals surface area contributed by atoms with E-state index in [9.17, 15) is 9.59 Å². The van der Waals surface area contributed by atoms with Crippen LogP contribution in [0.15, 0.2) is 0 Å². The third-order valence-electron chi connectivity index (χ3n) is 2.66. The molecule has 0 aliphatic rings. The minimum absolute atomic E-state index is 0.0316. The van der Waals surface area contributed by atoms with Crippen LogP contribution >= 0.6 is 0 Å². The molecule has 0 saturated carbocycles. The van der Waals surface area contributed by atoms with Gasteiger partial charge in [-0.25, -0.2) is 0 Å². The van der Waals surface area contributed by atoms with E-state index in [2.05, 4.69) is 9.95 Å². The summed E-state index contributed by atoms with van der Waals surface area (Å²) in [6, 6.07) is 0. The molecule has 0 unspecified atom stereocenters. The molecule has 98 valence electrons. The predicted molar refractivity (Wildman–Crippen MR) is 66.9 cm³/mol.